The van der Waals surface area contributed by atoms with Crippen LogP contribution in [-0.2, 0) is 14.3 Å². The summed E-state index contributed by atoms with van der Waals surface area (Å²) >= 11 is 0. The van der Waals surface area contributed by atoms with Crippen LogP contribution in [0.25, 0.3) is 10.8 Å². The molecule has 0 aliphatic carbocycles. The molecular formula is C17H18O4. The number of benzene rings is 2. The van der Waals surface area contributed by atoms with Crippen LogP contribution in [-0.4, -0.2) is 26.5 Å². The van der Waals surface area contributed by atoms with Crippen LogP contribution in [0.2, 0.25) is 0 Å². The van der Waals surface area contributed by atoms with Crippen molar-refractivity contribution in [3.8, 4) is 5.75 Å². The average Bonchev–Trinajstić information content (AvgIpc) is 2.52. The van der Waals surface area contributed by atoms with Crippen LogP contribution in [0.15, 0.2) is 54.6 Å². The van der Waals surface area contributed by atoms with Crippen molar-refractivity contribution in [1.29, 1.82) is 0 Å². The molecule has 4 heteroatoms. The molecule has 0 aromatic heterocycles. The van der Waals surface area contributed by atoms with Crippen LogP contribution in [0.4, 0.5) is 0 Å². The number of rotatable bonds is 6. The van der Waals surface area contributed by atoms with Crippen molar-refractivity contribution in [1.82, 2.24) is 0 Å². The van der Waals surface area contributed by atoms with Crippen LogP contribution in [0.1, 0.15) is 6.42 Å². The molecule has 2 rings (SSSR count). The normalized spacial score (nSPS) is 10.8. The van der Waals surface area contributed by atoms with Gasteiger partial charge in [0.1, 0.15) is 5.75 Å². The van der Waals surface area contributed by atoms with E-state index in [2.05, 4.69) is 6.58 Å². The van der Waals surface area contributed by atoms with E-state index in [1.54, 1.807) is 6.07 Å². The number of ether oxygens (including phenoxy) is 3. The van der Waals surface area contributed by atoms with Crippen molar-refractivity contribution in [3.63, 3.8) is 0 Å². The fourth-order valence-corrected chi connectivity index (χ4v) is 2.00. The molecule has 0 aliphatic heterocycles. The van der Waals surface area contributed by atoms with Gasteiger partial charge in [0.15, 0.2) is 6.29 Å². The number of fused-ring (bicyclic) bond motifs is 1. The van der Waals surface area contributed by atoms with Crippen LogP contribution in [0.3, 0.4) is 0 Å². The summed E-state index contributed by atoms with van der Waals surface area (Å²) in [5.74, 6) is 0.0380. The number of methoxy groups -OCH3 is 2. The van der Waals surface area contributed by atoms with Crippen LogP contribution < -0.4 is 4.74 Å². The van der Waals surface area contributed by atoms with E-state index < -0.39 is 12.3 Å². The van der Waals surface area contributed by atoms with E-state index in [4.69, 9.17) is 14.2 Å². The summed E-state index contributed by atoms with van der Waals surface area (Å²) in [6.07, 6.45) is -0.242. The Morgan fingerprint density at radius 3 is 2.48 bits per heavy atom. The average molecular weight is 286 g/mol. The lowest BCUT2D eigenvalue weighted by molar-refractivity contribution is -0.133. The molecule has 0 amide bonds. The van der Waals surface area contributed by atoms with Crippen LogP contribution in [0, 0.1) is 0 Å². The third-order valence-corrected chi connectivity index (χ3v) is 3.18. The zero-order chi connectivity index (χ0) is 15.2. The van der Waals surface area contributed by atoms with Gasteiger partial charge in [0.25, 0.3) is 0 Å². The first kappa shape index (κ1) is 15.2. The minimum Gasteiger partial charge on any atom is -0.423 e. The van der Waals surface area contributed by atoms with Gasteiger partial charge in [-0.2, -0.15) is 0 Å². The van der Waals surface area contributed by atoms with E-state index in [1.165, 1.54) is 14.2 Å². The second-order valence-corrected chi connectivity index (χ2v) is 4.58. The van der Waals surface area contributed by atoms with Gasteiger partial charge in [0.2, 0.25) is 0 Å². The first-order valence-electron chi connectivity index (χ1n) is 6.59. The van der Waals surface area contributed by atoms with Crippen molar-refractivity contribution in [2.45, 2.75) is 12.7 Å². The monoisotopic (exact) mass is 286 g/mol. The van der Waals surface area contributed by atoms with Crippen molar-refractivity contribution < 1.29 is 19.0 Å². The van der Waals surface area contributed by atoms with Gasteiger partial charge >= 0.3 is 5.97 Å². The molecular weight excluding hydrogens is 268 g/mol. The van der Waals surface area contributed by atoms with Crippen LogP contribution >= 0.6 is 0 Å². The maximum Gasteiger partial charge on any atom is 0.339 e. The van der Waals surface area contributed by atoms with Crippen molar-refractivity contribution >= 4 is 16.7 Å². The van der Waals surface area contributed by atoms with Gasteiger partial charge in [-0.3, -0.25) is 0 Å². The highest BCUT2D eigenvalue weighted by atomic mass is 16.7. The molecule has 0 N–H and O–H groups in total. The quantitative estimate of drug-likeness (QED) is 0.354. The lowest BCUT2D eigenvalue weighted by atomic mass is 10.1. The van der Waals surface area contributed by atoms with E-state index in [1.807, 2.05) is 36.4 Å². The van der Waals surface area contributed by atoms with E-state index in [0.717, 1.165) is 10.8 Å². The number of carbonyl (C=O) groups is 1. The van der Waals surface area contributed by atoms with E-state index in [9.17, 15) is 4.79 Å². The lowest BCUT2D eigenvalue weighted by Gasteiger charge is -2.14. The highest BCUT2D eigenvalue weighted by Crippen LogP contribution is 2.26. The topological polar surface area (TPSA) is 44.8 Å². The molecule has 2 aromatic carbocycles. The molecule has 21 heavy (non-hydrogen) atoms. The first-order chi connectivity index (χ1) is 10.2. The predicted octanol–water partition coefficient (Wildman–Crippen LogP) is 3.31. The maximum atomic E-state index is 12.1. The molecule has 110 valence electrons. The van der Waals surface area contributed by atoms with Crippen molar-refractivity contribution in [2.75, 3.05) is 14.2 Å². The largest absolute Gasteiger partial charge is 0.423 e. The second kappa shape index (κ2) is 7.02. The number of esters is 1. The van der Waals surface area contributed by atoms with E-state index in [-0.39, 0.29) is 6.42 Å². The standard InChI is InChI=1S/C17H18O4/c1-12(11-16(19-2)20-3)17(18)21-15-10-6-8-13-7-4-5-9-14(13)15/h4-10,16H,1,11H2,2-3H3. The second-order valence-electron chi connectivity index (χ2n) is 4.58. The molecule has 0 aliphatic rings. The maximum absolute atomic E-state index is 12.1. The highest BCUT2D eigenvalue weighted by molar-refractivity contribution is 5.94. The number of carbonyl (C=O) groups excluding carboxylic acids is 1. The molecule has 0 saturated heterocycles. The fraction of sp³-hybridized carbons (Fsp3) is 0.235. The summed E-state index contributed by atoms with van der Waals surface area (Å²) in [6, 6.07) is 13.3. The zero-order valence-corrected chi connectivity index (χ0v) is 12.2. The Hall–Kier alpha value is -2.17. The summed E-state index contributed by atoms with van der Waals surface area (Å²) in [4.78, 5) is 12.1. The van der Waals surface area contributed by atoms with Gasteiger partial charge in [-0.25, -0.2) is 4.79 Å². The fourth-order valence-electron chi connectivity index (χ4n) is 2.00. The number of hydrogen-bond donors (Lipinski definition) is 0. The minimum absolute atomic E-state index is 0.261. The Bertz CT molecular complexity index is 639. The van der Waals surface area contributed by atoms with Gasteiger partial charge in [0, 0.05) is 31.6 Å². The molecule has 0 spiro atoms. The molecule has 0 bridgehead atoms. The minimum atomic E-state index is -0.502. The summed E-state index contributed by atoms with van der Waals surface area (Å²) in [5.41, 5.74) is 0.302. The summed E-state index contributed by atoms with van der Waals surface area (Å²) < 4.78 is 15.5. The zero-order valence-electron chi connectivity index (χ0n) is 12.2. The van der Waals surface area contributed by atoms with Crippen LogP contribution in [0.5, 0.6) is 5.75 Å². The summed E-state index contributed by atoms with van der Waals surface area (Å²) in [5, 5.41) is 1.90. The Morgan fingerprint density at radius 2 is 1.76 bits per heavy atom. The van der Waals surface area contributed by atoms with Gasteiger partial charge < -0.3 is 14.2 Å². The Kier molecular flexibility index (Phi) is 5.09. The van der Waals surface area contributed by atoms with Gasteiger partial charge in [-0.1, -0.05) is 43.0 Å². The van der Waals surface area contributed by atoms with Gasteiger partial charge in [-0.15, -0.1) is 0 Å². The molecule has 4 nitrogen and oxygen atoms in total. The molecule has 0 fully saturated rings. The molecule has 0 saturated carbocycles. The predicted molar refractivity (Wildman–Crippen MR) is 81.1 cm³/mol. The van der Waals surface area contributed by atoms with Gasteiger partial charge in [0.05, 0.1) is 0 Å². The highest BCUT2D eigenvalue weighted by Gasteiger charge is 2.16. The van der Waals surface area contributed by atoms with Gasteiger partial charge in [-0.05, 0) is 11.5 Å². The molecule has 0 heterocycles. The lowest BCUT2D eigenvalue weighted by Crippen LogP contribution is -2.19. The molecule has 0 unspecified atom stereocenters. The first-order valence-corrected chi connectivity index (χ1v) is 6.59. The third kappa shape index (κ3) is 3.68. The van der Waals surface area contributed by atoms with E-state index in [0.29, 0.717) is 11.3 Å². The summed E-state index contributed by atoms with van der Waals surface area (Å²) in [7, 11) is 3.02. The third-order valence-electron chi connectivity index (χ3n) is 3.18. The van der Waals surface area contributed by atoms with Crippen molar-refractivity contribution in [2.24, 2.45) is 0 Å². The SMILES string of the molecule is C=C(CC(OC)OC)C(=O)Oc1cccc2ccccc12. The van der Waals surface area contributed by atoms with E-state index >= 15 is 0 Å². The number of hydrogen-bond acceptors (Lipinski definition) is 4. The molecule has 0 atom stereocenters. The van der Waals surface area contributed by atoms with Crippen molar-refractivity contribution in [3.05, 3.63) is 54.6 Å². The Balaban J connectivity index is 2.13. The Labute approximate surface area is 123 Å². The molecule has 2 aromatic rings. The molecule has 0 radical (unpaired) electrons. The smallest absolute Gasteiger partial charge is 0.339 e. The Morgan fingerprint density at radius 1 is 1.10 bits per heavy atom. The summed E-state index contributed by atoms with van der Waals surface area (Å²) in [6.45, 7) is 3.73.